The molecule has 0 aliphatic rings. The number of amides is 1. The molecule has 176 valence electrons. The van der Waals surface area contributed by atoms with Crippen LogP contribution in [0.4, 0.5) is 11.4 Å². The Morgan fingerprint density at radius 1 is 0.939 bits per heavy atom. The molecule has 0 unspecified atom stereocenters. The molecule has 3 aromatic carbocycles. The van der Waals surface area contributed by atoms with E-state index in [1.807, 2.05) is 0 Å². The molecule has 3 aromatic rings. The minimum absolute atomic E-state index is 0.0551. The normalized spacial score (nSPS) is 11.9. The Bertz CT molecular complexity index is 1390. The molecule has 0 spiro atoms. The first-order valence-electron chi connectivity index (χ1n) is 9.72. The topological polar surface area (TPSA) is 173 Å². The number of rotatable bonds is 9. The van der Waals surface area contributed by atoms with E-state index in [1.165, 1.54) is 24.3 Å². The van der Waals surface area contributed by atoms with E-state index in [0.29, 0.717) is 22.3 Å². The zero-order valence-corrected chi connectivity index (χ0v) is 18.9. The van der Waals surface area contributed by atoms with Gasteiger partial charge < -0.3 is 15.8 Å². The van der Waals surface area contributed by atoms with Gasteiger partial charge >= 0.3 is 0 Å². The fraction of sp³-hybridized carbons (Fsp3) is 0.190. The molecule has 1 amide bonds. The molecule has 0 heterocycles. The Labute approximate surface area is 190 Å². The highest BCUT2D eigenvalue weighted by atomic mass is 32.2. The lowest BCUT2D eigenvalue weighted by molar-refractivity contribution is 0.102. The van der Waals surface area contributed by atoms with E-state index < -0.39 is 31.9 Å². The molecule has 0 bridgehead atoms. The second kappa shape index (κ2) is 9.75. The molecular weight excluding hydrogens is 472 g/mol. The molecule has 12 heteroatoms. The first-order valence-corrected chi connectivity index (χ1v) is 12.8. The Hall–Kier alpha value is -3.19. The Kier molecular flexibility index (Phi) is 7.22. The van der Waals surface area contributed by atoms with Crippen molar-refractivity contribution in [3.8, 4) is 5.75 Å². The van der Waals surface area contributed by atoms with Gasteiger partial charge in [0.2, 0.25) is 0 Å². The van der Waals surface area contributed by atoms with Crippen LogP contribution in [0.25, 0.3) is 10.8 Å². The van der Waals surface area contributed by atoms with Crippen molar-refractivity contribution in [1.29, 1.82) is 0 Å². The van der Waals surface area contributed by atoms with Crippen molar-refractivity contribution in [2.24, 2.45) is 0 Å². The van der Waals surface area contributed by atoms with Crippen LogP contribution in [-0.2, 0) is 20.2 Å². The van der Waals surface area contributed by atoms with Crippen LogP contribution in [0.15, 0.2) is 59.5 Å². The van der Waals surface area contributed by atoms with Crippen LogP contribution in [0.2, 0.25) is 0 Å². The molecule has 0 saturated carbocycles. The van der Waals surface area contributed by atoms with E-state index in [0.717, 1.165) is 6.07 Å². The quantitative estimate of drug-likeness (QED) is 0.198. The van der Waals surface area contributed by atoms with Crippen LogP contribution in [-0.4, -0.2) is 44.2 Å². The lowest BCUT2D eigenvalue weighted by Gasteiger charge is -2.12. The first kappa shape index (κ1) is 24.5. The predicted octanol–water partition coefficient (Wildman–Crippen LogP) is 2.97. The lowest BCUT2D eigenvalue weighted by Crippen LogP contribution is -2.12. The summed E-state index contributed by atoms with van der Waals surface area (Å²) in [4.78, 5) is 12.1. The van der Waals surface area contributed by atoms with Gasteiger partial charge in [0.1, 0.15) is 10.6 Å². The summed E-state index contributed by atoms with van der Waals surface area (Å²) in [6, 6.07) is 13.5. The maximum absolute atomic E-state index is 12.5. The minimum Gasteiger partial charge on any atom is -0.494 e. The number of carbonyl (C=O) groups excluding carboxylic acids is 1. The smallest absolute Gasteiger partial charge is 0.295 e. The molecule has 0 saturated heterocycles. The average Bonchev–Trinajstić information content (AvgIpc) is 2.71. The van der Waals surface area contributed by atoms with E-state index in [-0.39, 0.29) is 35.5 Å². The van der Waals surface area contributed by atoms with Crippen molar-refractivity contribution in [2.45, 2.75) is 17.7 Å². The van der Waals surface area contributed by atoms with Crippen LogP contribution in [0.5, 0.6) is 5.75 Å². The minimum atomic E-state index is -4.58. The van der Waals surface area contributed by atoms with Gasteiger partial charge in [-0.1, -0.05) is 6.07 Å². The first-order chi connectivity index (χ1) is 15.4. The van der Waals surface area contributed by atoms with E-state index in [9.17, 15) is 26.2 Å². The number of carbonyl (C=O) groups is 1. The molecule has 10 nitrogen and oxygen atoms in total. The van der Waals surface area contributed by atoms with Crippen LogP contribution in [0.3, 0.4) is 0 Å². The van der Waals surface area contributed by atoms with Gasteiger partial charge in [0.15, 0.2) is 0 Å². The largest absolute Gasteiger partial charge is 0.494 e. The Balaban J connectivity index is 1.84. The summed E-state index contributed by atoms with van der Waals surface area (Å²) in [5.41, 5.74) is 6.90. The molecule has 0 aromatic heterocycles. The van der Waals surface area contributed by atoms with Crippen LogP contribution in [0, 0.1) is 0 Å². The maximum Gasteiger partial charge on any atom is 0.295 e. The predicted molar refractivity (Wildman–Crippen MR) is 124 cm³/mol. The monoisotopic (exact) mass is 494 g/mol. The number of nitrogens with two attached hydrogens (primary N) is 1. The number of benzene rings is 3. The third-order valence-electron chi connectivity index (χ3n) is 4.66. The van der Waals surface area contributed by atoms with Crippen molar-refractivity contribution in [3.63, 3.8) is 0 Å². The fourth-order valence-corrected chi connectivity index (χ4v) is 4.40. The van der Waals surface area contributed by atoms with E-state index in [1.54, 1.807) is 24.3 Å². The molecule has 33 heavy (non-hydrogen) atoms. The highest BCUT2D eigenvalue weighted by molar-refractivity contribution is 7.86. The second-order valence-electron chi connectivity index (χ2n) is 7.25. The summed E-state index contributed by atoms with van der Waals surface area (Å²) in [6.45, 7) is 0.0551. The number of nitrogens with one attached hydrogen (secondary N) is 1. The van der Waals surface area contributed by atoms with E-state index >= 15 is 0 Å². The summed E-state index contributed by atoms with van der Waals surface area (Å²) < 4.78 is 69.2. The molecular formula is C21H22N2O8S2. The standard InChI is InChI=1S/C21H22N2O8S2/c22-16-5-3-14(4-6-16)21(24)23-17-7-8-19-15(11-17)12-18(13-20(19)33(28,29)30)31-9-1-2-10-32(25,26)27/h3-8,11-13H,1-2,9-10,22H2,(H,23,24)(H,25,26,27)(H,28,29,30). The van der Waals surface area contributed by atoms with Crippen molar-refractivity contribution in [2.75, 3.05) is 23.4 Å². The van der Waals surface area contributed by atoms with Crippen LogP contribution in [0.1, 0.15) is 23.2 Å². The number of fused-ring (bicyclic) bond motifs is 1. The van der Waals surface area contributed by atoms with Crippen LogP contribution >= 0.6 is 0 Å². The zero-order chi connectivity index (χ0) is 24.2. The third-order valence-corrected chi connectivity index (χ3v) is 6.36. The van der Waals surface area contributed by atoms with Gasteiger partial charge in [-0.05, 0) is 60.7 Å². The van der Waals surface area contributed by atoms with Gasteiger partial charge in [-0.3, -0.25) is 13.9 Å². The third kappa shape index (κ3) is 6.89. The molecule has 0 atom stereocenters. The van der Waals surface area contributed by atoms with Gasteiger partial charge in [0, 0.05) is 28.4 Å². The highest BCUT2D eigenvalue weighted by Crippen LogP contribution is 2.31. The summed E-state index contributed by atoms with van der Waals surface area (Å²) in [5, 5.41) is 3.31. The number of anilines is 2. The summed E-state index contributed by atoms with van der Waals surface area (Å²) in [7, 11) is -8.65. The van der Waals surface area contributed by atoms with Gasteiger partial charge in [0.05, 0.1) is 12.4 Å². The van der Waals surface area contributed by atoms with Gasteiger partial charge in [0.25, 0.3) is 26.1 Å². The maximum atomic E-state index is 12.5. The molecule has 3 rings (SSSR count). The lowest BCUT2D eigenvalue weighted by atomic mass is 10.1. The van der Waals surface area contributed by atoms with Crippen molar-refractivity contribution >= 4 is 48.3 Å². The molecule has 0 aliphatic heterocycles. The van der Waals surface area contributed by atoms with E-state index in [4.69, 9.17) is 15.0 Å². The van der Waals surface area contributed by atoms with Gasteiger partial charge in [-0.15, -0.1) is 0 Å². The summed E-state index contributed by atoms with van der Waals surface area (Å²) in [5.74, 6) is -0.680. The molecule has 0 radical (unpaired) electrons. The summed E-state index contributed by atoms with van der Waals surface area (Å²) >= 11 is 0. The Morgan fingerprint density at radius 3 is 2.27 bits per heavy atom. The highest BCUT2D eigenvalue weighted by Gasteiger charge is 2.17. The number of nitrogen functional groups attached to an aromatic ring is 1. The van der Waals surface area contributed by atoms with Crippen LogP contribution < -0.4 is 15.8 Å². The Morgan fingerprint density at radius 2 is 1.64 bits per heavy atom. The van der Waals surface area contributed by atoms with Crippen molar-refractivity contribution in [1.82, 2.24) is 0 Å². The summed E-state index contributed by atoms with van der Waals surface area (Å²) in [6.07, 6.45) is 0.440. The van der Waals surface area contributed by atoms with Gasteiger partial charge in [-0.25, -0.2) is 0 Å². The van der Waals surface area contributed by atoms with Crippen molar-refractivity contribution in [3.05, 3.63) is 60.2 Å². The second-order valence-corrected chi connectivity index (χ2v) is 10.2. The molecule has 5 N–H and O–H groups in total. The molecule has 0 fully saturated rings. The molecule has 0 aliphatic carbocycles. The number of unbranched alkanes of at least 4 members (excludes halogenated alkanes) is 1. The fourth-order valence-electron chi connectivity index (χ4n) is 3.10. The number of hydrogen-bond donors (Lipinski definition) is 4. The average molecular weight is 495 g/mol. The number of hydrogen-bond acceptors (Lipinski definition) is 7. The number of ether oxygens (including phenoxy) is 1. The zero-order valence-electron chi connectivity index (χ0n) is 17.3. The SMILES string of the molecule is Nc1ccc(C(=O)Nc2ccc3c(S(=O)(=O)O)cc(OCCCCS(=O)(=O)O)cc3c2)cc1. The van der Waals surface area contributed by atoms with E-state index in [2.05, 4.69) is 5.32 Å². The van der Waals surface area contributed by atoms with Crippen molar-refractivity contribution < 1.29 is 35.5 Å². The van der Waals surface area contributed by atoms with Gasteiger partial charge in [-0.2, -0.15) is 16.8 Å².